The summed E-state index contributed by atoms with van der Waals surface area (Å²) in [6.07, 6.45) is 5.34. The summed E-state index contributed by atoms with van der Waals surface area (Å²) in [4.78, 5) is 26.1. The molecule has 114 valence electrons. The third-order valence-electron chi connectivity index (χ3n) is 4.60. The molecule has 4 nitrogen and oxygen atoms in total. The molecule has 5 heteroatoms. The van der Waals surface area contributed by atoms with E-state index in [1.807, 2.05) is 0 Å². The van der Waals surface area contributed by atoms with Gasteiger partial charge in [-0.25, -0.2) is 4.90 Å². The lowest BCUT2D eigenvalue weighted by Gasteiger charge is -2.33. The Balaban J connectivity index is 2.02. The largest absolute Gasteiger partial charge is 0.269 e. The Morgan fingerprint density at radius 1 is 1.27 bits per heavy atom. The summed E-state index contributed by atoms with van der Waals surface area (Å²) in [7, 11) is 0. The molecule has 1 atom stereocenters. The van der Waals surface area contributed by atoms with Gasteiger partial charge in [0, 0.05) is 17.0 Å². The number of carbonyl (C=O) groups is 2. The Bertz CT molecular complexity index is 713. The molecule has 1 aliphatic heterocycles. The first-order chi connectivity index (χ1) is 10.3. The summed E-state index contributed by atoms with van der Waals surface area (Å²) < 4.78 is 0. The highest BCUT2D eigenvalue weighted by molar-refractivity contribution is 7.17. The van der Waals surface area contributed by atoms with E-state index in [1.165, 1.54) is 23.5 Å². The fourth-order valence-electron chi connectivity index (χ4n) is 3.18. The van der Waals surface area contributed by atoms with Gasteiger partial charge in [-0.3, -0.25) is 9.59 Å². The van der Waals surface area contributed by atoms with E-state index in [1.54, 1.807) is 0 Å². The minimum absolute atomic E-state index is 0.218. The summed E-state index contributed by atoms with van der Waals surface area (Å²) in [5, 5.41) is 10.0. The normalized spacial score (nSPS) is 21.2. The van der Waals surface area contributed by atoms with E-state index in [-0.39, 0.29) is 17.2 Å². The average molecular weight is 314 g/mol. The topological polar surface area (TPSA) is 61.2 Å². The van der Waals surface area contributed by atoms with Crippen LogP contribution in [-0.4, -0.2) is 11.8 Å². The summed E-state index contributed by atoms with van der Waals surface area (Å²) in [5.41, 5.74) is 1.77. The molecule has 0 N–H and O–H groups in total. The van der Waals surface area contributed by atoms with Gasteiger partial charge in [0.05, 0.1) is 5.56 Å². The van der Waals surface area contributed by atoms with Crippen molar-refractivity contribution < 1.29 is 9.59 Å². The van der Waals surface area contributed by atoms with Crippen LogP contribution in [0.4, 0.5) is 5.00 Å². The van der Waals surface area contributed by atoms with Crippen LogP contribution in [0.1, 0.15) is 43.2 Å². The zero-order valence-corrected chi connectivity index (χ0v) is 13.8. The fraction of sp³-hybridized carbons (Fsp3) is 0.471. The van der Waals surface area contributed by atoms with Crippen molar-refractivity contribution in [1.82, 2.24) is 0 Å². The number of nitrogens with zero attached hydrogens (tertiary/aromatic N) is 2. The number of amides is 2. The van der Waals surface area contributed by atoms with Gasteiger partial charge < -0.3 is 0 Å². The molecule has 22 heavy (non-hydrogen) atoms. The molecule has 1 aliphatic carbocycles. The van der Waals surface area contributed by atoms with E-state index in [0.29, 0.717) is 16.5 Å². The summed E-state index contributed by atoms with van der Waals surface area (Å²) in [6.45, 7) is 6.71. The highest BCUT2D eigenvalue weighted by Gasteiger charge is 2.36. The van der Waals surface area contributed by atoms with Gasteiger partial charge in [-0.1, -0.05) is 20.8 Å². The molecule has 2 heterocycles. The second kappa shape index (κ2) is 5.06. The number of thiophene rings is 1. The first-order valence-corrected chi connectivity index (χ1v) is 8.25. The second-order valence-electron chi connectivity index (χ2n) is 6.95. The minimum atomic E-state index is -0.354. The number of rotatable bonds is 1. The van der Waals surface area contributed by atoms with Crippen LogP contribution in [0.2, 0.25) is 0 Å². The molecule has 0 bridgehead atoms. The van der Waals surface area contributed by atoms with Crippen molar-refractivity contribution in [1.29, 1.82) is 5.26 Å². The van der Waals surface area contributed by atoms with Crippen LogP contribution >= 0.6 is 11.3 Å². The van der Waals surface area contributed by atoms with Gasteiger partial charge in [0.15, 0.2) is 0 Å². The maximum Gasteiger partial charge on any atom is 0.258 e. The molecule has 3 rings (SSSR count). The van der Waals surface area contributed by atoms with Gasteiger partial charge in [-0.05, 0) is 36.2 Å². The maximum absolute atomic E-state index is 11.9. The molecule has 0 saturated heterocycles. The molecular weight excluding hydrogens is 296 g/mol. The fourth-order valence-corrected chi connectivity index (χ4v) is 4.57. The average Bonchev–Trinajstić information content (AvgIpc) is 2.96. The number of hydrogen-bond donors (Lipinski definition) is 0. The Kier molecular flexibility index (Phi) is 3.45. The molecule has 2 aliphatic rings. The maximum atomic E-state index is 11.9. The van der Waals surface area contributed by atoms with Crippen LogP contribution in [0, 0.1) is 22.7 Å². The summed E-state index contributed by atoms with van der Waals surface area (Å²) in [6, 6.07) is 2.21. The molecule has 0 spiro atoms. The predicted octanol–water partition coefficient (Wildman–Crippen LogP) is 3.20. The van der Waals surface area contributed by atoms with Gasteiger partial charge in [0.25, 0.3) is 11.8 Å². The number of imide groups is 1. The van der Waals surface area contributed by atoms with Crippen LogP contribution in [0.3, 0.4) is 0 Å². The summed E-state index contributed by atoms with van der Waals surface area (Å²) in [5.74, 6) is -0.152. The van der Waals surface area contributed by atoms with Gasteiger partial charge in [0.2, 0.25) is 0 Å². The Hall–Kier alpha value is -1.93. The highest BCUT2D eigenvalue weighted by atomic mass is 32.1. The molecule has 0 radical (unpaired) electrons. The third-order valence-corrected chi connectivity index (χ3v) is 5.84. The van der Waals surface area contributed by atoms with Crippen LogP contribution in [-0.2, 0) is 22.4 Å². The minimum Gasteiger partial charge on any atom is -0.269 e. The van der Waals surface area contributed by atoms with Crippen molar-refractivity contribution in [2.45, 2.75) is 40.0 Å². The van der Waals surface area contributed by atoms with Gasteiger partial charge >= 0.3 is 0 Å². The van der Waals surface area contributed by atoms with E-state index in [4.69, 9.17) is 0 Å². The number of anilines is 1. The lowest BCUT2D eigenvalue weighted by Crippen LogP contribution is -2.29. The van der Waals surface area contributed by atoms with E-state index < -0.39 is 0 Å². The molecule has 0 unspecified atom stereocenters. The molecule has 0 aromatic carbocycles. The van der Waals surface area contributed by atoms with E-state index in [9.17, 15) is 14.9 Å². The van der Waals surface area contributed by atoms with E-state index in [0.717, 1.165) is 34.6 Å². The Morgan fingerprint density at radius 3 is 2.45 bits per heavy atom. The van der Waals surface area contributed by atoms with Crippen LogP contribution < -0.4 is 4.90 Å². The van der Waals surface area contributed by atoms with Crippen LogP contribution in [0.15, 0.2) is 12.2 Å². The molecule has 1 aromatic heterocycles. The SMILES string of the molecule is CC(C)(C)[C@@H]1CCc2c(sc(N3C(=O)C=CC3=O)c2C#N)C1. The van der Waals surface area contributed by atoms with E-state index in [2.05, 4.69) is 26.8 Å². The molecule has 2 amide bonds. The molecular formula is C17H18N2O2S. The highest BCUT2D eigenvalue weighted by Crippen LogP contribution is 2.45. The number of fused-ring (bicyclic) bond motifs is 1. The molecule has 0 saturated carbocycles. The zero-order chi connectivity index (χ0) is 16.1. The van der Waals surface area contributed by atoms with Gasteiger partial charge in [0.1, 0.15) is 11.1 Å². The zero-order valence-electron chi connectivity index (χ0n) is 13.0. The smallest absolute Gasteiger partial charge is 0.258 e. The van der Waals surface area contributed by atoms with Crippen molar-refractivity contribution >= 4 is 28.2 Å². The van der Waals surface area contributed by atoms with Gasteiger partial charge in [-0.2, -0.15) is 5.26 Å². The first kappa shape index (κ1) is 15.0. The first-order valence-electron chi connectivity index (χ1n) is 7.43. The monoisotopic (exact) mass is 314 g/mol. The van der Waals surface area contributed by atoms with Crippen molar-refractivity contribution in [3.8, 4) is 6.07 Å². The molecule has 0 fully saturated rings. The molecule has 1 aromatic rings. The quantitative estimate of drug-likeness (QED) is 0.748. The van der Waals surface area contributed by atoms with Crippen LogP contribution in [0.5, 0.6) is 0 Å². The lowest BCUT2D eigenvalue weighted by molar-refractivity contribution is -0.119. The number of hydrogen-bond acceptors (Lipinski definition) is 4. The Labute approximate surface area is 134 Å². The second-order valence-corrected chi connectivity index (χ2v) is 8.03. The van der Waals surface area contributed by atoms with Crippen molar-refractivity contribution in [2.24, 2.45) is 11.3 Å². The lowest BCUT2D eigenvalue weighted by atomic mass is 9.72. The van der Waals surface area contributed by atoms with Crippen molar-refractivity contribution in [2.75, 3.05) is 4.90 Å². The summed E-state index contributed by atoms with van der Waals surface area (Å²) >= 11 is 1.43. The predicted molar refractivity (Wildman–Crippen MR) is 85.6 cm³/mol. The third kappa shape index (κ3) is 2.28. The van der Waals surface area contributed by atoms with Gasteiger partial charge in [-0.15, -0.1) is 11.3 Å². The Morgan fingerprint density at radius 2 is 1.91 bits per heavy atom. The van der Waals surface area contributed by atoms with Crippen LogP contribution in [0.25, 0.3) is 0 Å². The number of carbonyl (C=O) groups excluding carboxylic acids is 2. The van der Waals surface area contributed by atoms with E-state index >= 15 is 0 Å². The van der Waals surface area contributed by atoms with Crippen molar-refractivity contribution in [3.05, 3.63) is 28.2 Å². The standard InChI is InChI=1S/C17H18N2O2S/c1-17(2,3)10-4-5-11-12(9-18)16(22-13(11)8-10)19-14(20)6-7-15(19)21/h6-7,10H,4-5,8H2,1-3H3/t10-/m1/s1. The number of nitriles is 1. The van der Waals surface area contributed by atoms with Crippen molar-refractivity contribution in [3.63, 3.8) is 0 Å².